The van der Waals surface area contributed by atoms with Crippen LogP contribution in [-0.4, -0.2) is 14.5 Å². The number of benzene rings is 11. The minimum Gasteiger partial charge on any atom is -0.308 e. The van der Waals surface area contributed by atoms with E-state index < -0.39 is 5.41 Å². The third-order valence-electron chi connectivity index (χ3n) is 15.0. The van der Waals surface area contributed by atoms with Crippen molar-refractivity contribution in [1.29, 1.82) is 0 Å². The number of rotatable bonds is 4. The zero-order valence-electron chi connectivity index (χ0n) is 36.9. The van der Waals surface area contributed by atoms with Crippen molar-refractivity contribution in [3.05, 3.63) is 259 Å². The fourth-order valence-electron chi connectivity index (χ4n) is 12.2. The number of hydrogen-bond acceptors (Lipinski definition) is 2. The molecule has 0 amide bonds. The SMILES string of the molecule is c1ccc(-c2cc(-c3ccc4c5ccccc5c5ccccc5c4c3)nc(-c3cccc(-c4cccc5c4-n4c6ccccc6c6cccc(c64)C54c5ccccc5-c5ccccc54)c3)n2)cc1. The molecule has 2 aromatic heterocycles. The summed E-state index contributed by atoms with van der Waals surface area (Å²) in [6.07, 6.45) is 0. The second-order valence-electron chi connectivity index (χ2n) is 18.4. The Labute approximate surface area is 392 Å². The number of fused-ring (bicyclic) bond motifs is 18. The zero-order valence-corrected chi connectivity index (χ0v) is 36.9. The van der Waals surface area contributed by atoms with Crippen molar-refractivity contribution < 1.29 is 0 Å². The average molecular weight is 862 g/mol. The molecule has 3 nitrogen and oxygen atoms in total. The molecule has 0 fully saturated rings. The second kappa shape index (κ2) is 14.0. The van der Waals surface area contributed by atoms with Gasteiger partial charge in [-0.25, -0.2) is 9.97 Å². The molecule has 2 aliphatic rings. The summed E-state index contributed by atoms with van der Waals surface area (Å²) in [6.45, 7) is 0. The lowest BCUT2D eigenvalue weighted by atomic mass is 9.65. The summed E-state index contributed by atoms with van der Waals surface area (Å²) in [4.78, 5) is 10.8. The minimum absolute atomic E-state index is 0.528. The molecule has 314 valence electrons. The molecular weight excluding hydrogens is 823 g/mol. The van der Waals surface area contributed by atoms with Gasteiger partial charge in [0.05, 0.1) is 33.5 Å². The second-order valence-corrected chi connectivity index (χ2v) is 18.4. The predicted octanol–water partition coefficient (Wildman–Crippen LogP) is 16.4. The summed E-state index contributed by atoms with van der Waals surface area (Å²) >= 11 is 0. The number of para-hydroxylation sites is 3. The molecule has 68 heavy (non-hydrogen) atoms. The highest BCUT2D eigenvalue weighted by molar-refractivity contribution is 6.25. The summed E-state index contributed by atoms with van der Waals surface area (Å²) in [5.74, 6) is 0.686. The third-order valence-corrected chi connectivity index (χ3v) is 15.0. The van der Waals surface area contributed by atoms with E-state index in [1.165, 1.54) is 93.2 Å². The molecule has 0 radical (unpaired) electrons. The maximum Gasteiger partial charge on any atom is 0.160 e. The first-order valence-electron chi connectivity index (χ1n) is 23.5. The molecule has 13 aromatic rings. The lowest BCUT2D eigenvalue weighted by Gasteiger charge is -2.40. The van der Waals surface area contributed by atoms with Crippen LogP contribution in [-0.2, 0) is 5.41 Å². The van der Waals surface area contributed by atoms with Crippen molar-refractivity contribution in [1.82, 2.24) is 14.5 Å². The first kappa shape index (κ1) is 37.3. The first-order valence-corrected chi connectivity index (χ1v) is 23.5. The van der Waals surface area contributed by atoms with Gasteiger partial charge in [0.2, 0.25) is 0 Å². The van der Waals surface area contributed by atoms with Gasteiger partial charge in [-0.3, -0.25) is 0 Å². The molecule has 0 bridgehead atoms. The molecule has 3 heterocycles. The monoisotopic (exact) mass is 861 g/mol. The summed E-state index contributed by atoms with van der Waals surface area (Å²) in [5, 5.41) is 9.99. The lowest BCUT2D eigenvalue weighted by Crippen LogP contribution is -2.33. The van der Waals surface area contributed by atoms with Gasteiger partial charge in [0.25, 0.3) is 0 Å². The average Bonchev–Trinajstić information content (AvgIpc) is 3.91. The van der Waals surface area contributed by atoms with E-state index in [0.717, 1.165) is 39.2 Å². The molecule has 0 atom stereocenters. The van der Waals surface area contributed by atoms with Crippen LogP contribution >= 0.6 is 0 Å². The maximum atomic E-state index is 5.46. The van der Waals surface area contributed by atoms with E-state index in [1.807, 2.05) is 0 Å². The van der Waals surface area contributed by atoms with Crippen LogP contribution in [0.2, 0.25) is 0 Å². The Bertz CT molecular complexity index is 4190. The molecule has 0 saturated heterocycles. The Morgan fingerprint density at radius 1 is 0.294 bits per heavy atom. The fraction of sp³-hybridized carbons (Fsp3) is 0.0154. The molecule has 0 unspecified atom stereocenters. The number of nitrogens with zero attached hydrogens (tertiary/aromatic N) is 3. The molecule has 3 heteroatoms. The van der Waals surface area contributed by atoms with Crippen LogP contribution in [0.25, 0.3) is 116 Å². The third kappa shape index (κ3) is 5.02. The van der Waals surface area contributed by atoms with Crippen LogP contribution in [0.3, 0.4) is 0 Å². The van der Waals surface area contributed by atoms with Crippen LogP contribution < -0.4 is 0 Å². The van der Waals surface area contributed by atoms with Gasteiger partial charge in [0.1, 0.15) is 0 Å². The Morgan fingerprint density at radius 2 is 0.794 bits per heavy atom. The minimum atomic E-state index is -0.528. The van der Waals surface area contributed by atoms with Gasteiger partial charge in [-0.1, -0.05) is 212 Å². The van der Waals surface area contributed by atoms with Crippen molar-refractivity contribution in [3.63, 3.8) is 0 Å². The first-order chi connectivity index (χ1) is 33.7. The zero-order chi connectivity index (χ0) is 44.5. The number of aromatic nitrogens is 3. The Morgan fingerprint density at radius 3 is 1.53 bits per heavy atom. The van der Waals surface area contributed by atoms with E-state index in [1.54, 1.807) is 0 Å². The van der Waals surface area contributed by atoms with Crippen LogP contribution in [0.5, 0.6) is 0 Å². The van der Waals surface area contributed by atoms with Crippen molar-refractivity contribution in [2.24, 2.45) is 0 Å². The maximum absolute atomic E-state index is 5.46. The lowest BCUT2D eigenvalue weighted by molar-refractivity contribution is 0.749. The van der Waals surface area contributed by atoms with E-state index in [-0.39, 0.29) is 0 Å². The van der Waals surface area contributed by atoms with Crippen LogP contribution in [0, 0.1) is 0 Å². The molecule has 0 N–H and O–H groups in total. The summed E-state index contributed by atoms with van der Waals surface area (Å²) in [5.41, 5.74) is 18.1. The summed E-state index contributed by atoms with van der Waals surface area (Å²) in [7, 11) is 0. The van der Waals surface area contributed by atoms with E-state index in [0.29, 0.717) is 5.82 Å². The molecule has 0 saturated carbocycles. The van der Waals surface area contributed by atoms with Crippen molar-refractivity contribution in [3.8, 4) is 61.8 Å². The van der Waals surface area contributed by atoms with Gasteiger partial charge in [-0.05, 0) is 95.5 Å². The van der Waals surface area contributed by atoms with Gasteiger partial charge in [-0.2, -0.15) is 0 Å². The van der Waals surface area contributed by atoms with Crippen LogP contribution in [0.1, 0.15) is 22.3 Å². The predicted molar refractivity (Wildman–Crippen MR) is 281 cm³/mol. The normalized spacial score (nSPS) is 13.1. The van der Waals surface area contributed by atoms with Gasteiger partial charge in [0, 0.05) is 33.0 Å². The molecule has 1 spiro atoms. The molecule has 11 aromatic carbocycles. The van der Waals surface area contributed by atoms with Gasteiger partial charge in [-0.15, -0.1) is 0 Å². The van der Waals surface area contributed by atoms with Gasteiger partial charge >= 0.3 is 0 Å². The fourth-order valence-corrected chi connectivity index (χ4v) is 12.2. The van der Waals surface area contributed by atoms with Crippen LogP contribution in [0.15, 0.2) is 237 Å². The molecular formula is C65H39N3. The highest BCUT2D eigenvalue weighted by Crippen LogP contribution is 2.62. The van der Waals surface area contributed by atoms with Gasteiger partial charge in [0.15, 0.2) is 5.82 Å². The highest BCUT2D eigenvalue weighted by atomic mass is 15.0. The summed E-state index contributed by atoms with van der Waals surface area (Å²) in [6, 6.07) is 86.8. The molecule has 1 aliphatic heterocycles. The van der Waals surface area contributed by atoms with E-state index in [4.69, 9.17) is 9.97 Å². The number of hydrogen-bond donors (Lipinski definition) is 0. The highest BCUT2D eigenvalue weighted by Gasteiger charge is 2.51. The van der Waals surface area contributed by atoms with Crippen molar-refractivity contribution in [2.45, 2.75) is 5.41 Å². The molecule has 1 aliphatic carbocycles. The standard InChI is InChI=1S/C65H39N3/c1-2-17-40(18-3-1)59-39-60(42-35-36-49-47-23-5-4-21-45(47)46-22-6-7-24-48(46)54(49)38-42)67-64(66-59)43-20-14-19-41(37-43)44-28-15-32-57-62(44)68-61-34-13-10-27-52(61)53-29-16-33-58(63(53)68)65(57)55-30-11-8-25-50(55)51-26-9-12-31-56(51)65/h1-39H. The quantitative estimate of drug-likeness (QED) is 0.165. The van der Waals surface area contributed by atoms with E-state index in [2.05, 4.69) is 241 Å². The van der Waals surface area contributed by atoms with E-state index >= 15 is 0 Å². The van der Waals surface area contributed by atoms with Crippen molar-refractivity contribution in [2.75, 3.05) is 0 Å². The Kier molecular flexibility index (Phi) is 7.71. The van der Waals surface area contributed by atoms with Gasteiger partial charge < -0.3 is 4.57 Å². The summed E-state index contributed by atoms with van der Waals surface area (Å²) < 4.78 is 2.56. The van der Waals surface area contributed by atoms with E-state index in [9.17, 15) is 0 Å². The topological polar surface area (TPSA) is 30.7 Å². The van der Waals surface area contributed by atoms with Crippen molar-refractivity contribution >= 4 is 54.1 Å². The smallest absolute Gasteiger partial charge is 0.160 e. The molecule has 15 rings (SSSR count). The van der Waals surface area contributed by atoms with Crippen LogP contribution in [0.4, 0.5) is 0 Å². The Hall–Kier alpha value is -8.92. The largest absolute Gasteiger partial charge is 0.308 e. The Balaban J connectivity index is 0.971.